The van der Waals surface area contributed by atoms with Crippen LogP contribution in [0.25, 0.3) is 0 Å². The minimum absolute atomic E-state index is 0.0507. The van der Waals surface area contributed by atoms with E-state index in [0.29, 0.717) is 13.0 Å². The SMILES string of the molecule is CNC(=O)CCN(C)C(C)c1ccc(O)cc1. The normalized spacial score (nSPS) is 12.5. The van der Waals surface area contributed by atoms with Gasteiger partial charge in [0, 0.05) is 26.1 Å². The first-order valence-corrected chi connectivity index (χ1v) is 5.74. The van der Waals surface area contributed by atoms with Gasteiger partial charge in [-0.15, -0.1) is 0 Å². The summed E-state index contributed by atoms with van der Waals surface area (Å²) in [4.78, 5) is 13.3. The van der Waals surface area contributed by atoms with E-state index >= 15 is 0 Å². The zero-order chi connectivity index (χ0) is 12.8. The van der Waals surface area contributed by atoms with Crippen LogP contribution in [0, 0.1) is 0 Å². The molecule has 1 aromatic carbocycles. The number of carbonyl (C=O) groups is 1. The highest BCUT2D eigenvalue weighted by molar-refractivity contribution is 5.75. The maximum atomic E-state index is 11.1. The van der Waals surface area contributed by atoms with Crippen molar-refractivity contribution in [2.45, 2.75) is 19.4 Å². The van der Waals surface area contributed by atoms with Gasteiger partial charge in [-0.2, -0.15) is 0 Å². The first kappa shape index (κ1) is 13.5. The van der Waals surface area contributed by atoms with Crippen LogP contribution in [0.2, 0.25) is 0 Å². The van der Waals surface area contributed by atoms with Gasteiger partial charge in [0.05, 0.1) is 0 Å². The minimum Gasteiger partial charge on any atom is -0.508 e. The third kappa shape index (κ3) is 4.07. The highest BCUT2D eigenvalue weighted by Gasteiger charge is 2.12. The van der Waals surface area contributed by atoms with Crippen molar-refractivity contribution in [1.29, 1.82) is 0 Å². The van der Waals surface area contributed by atoms with E-state index in [0.717, 1.165) is 5.56 Å². The molecule has 0 heterocycles. The first-order valence-electron chi connectivity index (χ1n) is 5.74. The quantitative estimate of drug-likeness (QED) is 0.815. The summed E-state index contributed by atoms with van der Waals surface area (Å²) in [6, 6.07) is 7.38. The fourth-order valence-corrected chi connectivity index (χ4v) is 1.60. The maximum Gasteiger partial charge on any atom is 0.221 e. The summed E-state index contributed by atoms with van der Waals surface area (Å²) < 4.78 is 0. The number of carbonyl (C=O) groups excluding carboxylic acids is 1. The van der Waals surface area contributed by atoms with Crippen molar-refractivity contribution < 1.29 is 9.90 Å². The maximum absolute atomic E-state index is 11.1. The molecule has 0 aromatic heterocycles. The zero-order valence-electron chi connectivity index (χ0n) is 10.6. The minimum atomic E-state index is 0.0507. The lowest BCUT2D eigenvalue weighted by Crippen LogP contribution is -2.28. The standard InChI is InChI=1S/C13H20N2O2/c1-10(11-4-6-12(16)7-5-11)15(3)9-8-13(17)14-2/h4-7,10,16H,8-9H2,1-3H3,(H,14,17). The highest BCUT2D eigenvalue weighted by Crippen LogP contribution is 2.20. The number of rotatable bonds is 5. The van der Waals surface area contributed by atoms with Gasteiger partial charge in [-0.3, -0.25) is 9.69 Å². The highest BCUT2D eigenvalue weighted by atomic mass is 16.3. The van der Waals surface area contributed by atoms with Crippen LogP contribution in [0.15, 0.2) is 24.3 Å². The van der Waals surface area contributed by atoms with Gasteiger partial charge in [-0.1, -0.05) is 12.1 Å². The molecule has 0 saturated carbocycles. The predicted octanol–water partition coefficient (Wildman–Crippen LogP) is 1.52. The van der Waals surface area contributed by atoms with E-state index in [2.05, 4.69) is 17.1 Å². The fraction of sp³-hybridized carbons (Fsp3) is 0.462. The second-order valence-corrected chi connectivity index (χ2v) is 4.17. The Balaban J connectivity index is 2.54. The van der Waals surface area contributed by atoms with E-state index in [1.54, 1.807) is 19.2 Å². The summed E-state index contributed by atoms with van der Waals surface area (Å²) in [5.74, 6) is 0.323. The Bertz CT molecular complexity index is 362. The lowest BCUT2D eigenvalue weighted by Gasteiger charge is -2.24. The third-order valence-electron chi connectivity index (χ3n) is 3.01. The van der Waals surface area contributed by atoms with E-state index < -0.39 is 0 Å². The van der Waals surface area contributed by atoms with Gasteiger partial charge in [0.2, 0.25) is 5.91 Å². The molecule has 1 unspecified atom stereocenters. The average Bonchev–Trinajstić information content (AvgIpc) is 2.35. The molecule has 0 aliphatic heterocycles. The van der Waals surface area contributed by atoms with Gasteiger partial charge in [0.1, 0.15) is 5.75 Å². The summed E-state index contributed by atoms with van der Waals surface area (Å²) in [6.45, 7) is 2.79. The Hall–Kier alpha value is -1.55. The average molecular weight is 236 g/mol. The molecule has 0 saturated heterocycles. The monoisotopic (exact) mass is 236 g/mol. The fourth-order valence-electron chi connectivity index (χ4n) is 1.60. The summed E-state index contributed by atoms with van der Waals surface area (Å²) in [6.07, 6.45) is 0.495. The Labute approximate surface area is 102 Å². The predicted molar refractivity (Wildman–Crippen MR) is 67.8 cm³/mol. The van der Waals surface area contributed by atoms with Gasteiger partial charge in [-0.05, 0) is 31.7 Å². The largest absolute Gasteiger partial charge is 0.508 e. The number of amides is 1. The number of aromatic hydroxyl groups is 1. The number of benzene rings is 1. The van der Waals surface area contributed by atoms with E-state index in [9.17, 15) is 9.90 Å². The Morgan fingerprint density at radius 1 is 1.41 bits per heavy atom. The molecule has 0 bridgehead atoms. The van der Waals surface area contributed by atoms with Crippen LogP contribution in [0.3, 0.4) is 0 Å². The van der Waals surface area contributed by atoms with Crippen molar-refractivity contribution in [2.24, 2.45) is 0 Å². The van der Waals surface area contributed by atoms with Gasteiger partial charge in [0.15, 0.2) is 0 Å². The lowest BCUT2D eigenvalue weighted by atomic mass is 10.1. The second kappa shape index (κ2) is 6.25. The number of phenols is 1. The van der Waals surface area contributed by atoms with Gasteiger partial charge in [-0.25, -0.2) is 0 Å². The van der Waals surface area contributed by atoms with E-state index in [1.807, 2.05) is 19.2 Å². The van der Waals surface area contributed by atoms with Crippen LogP contribution in [-0.2, 0) is 4.79 Å². The number of nitrogens with one attached hydrogen (secondary N) is 1. The van der Waals surface area contributed by atoms with E-state index in [-0.39, 0.29) is 17.7 Å². The van der Waals surface area contributed by atoms with E-state index in [1.165, 1.54) is 0 Å². The molecular formula is C13H20N2O2. The van der Waals surface area contributed by atoms with Crippen LogP contribution >= 0.6 is 0 Å². The molecule has 94 valence electrons. The van der Waals surface area contributed by atoms with Crippen molar-refractivity contribution in [1.82, 2.24) is 10.2 Å². The molecule has 1 amide bonds. The molecule has 0 spiro atoms. The van der Waals surface area contributed by atoms with Crippen molar-refractivity contribution in [2.75, 3.05) is 20.6 Å². The van der Waals surface area contributed by atoms with Gasteiger partial charge >= 0.3 is 0 Å². The molecule has 4 heteroatoms. The van der Waals surface area contributed by atoms with Crippen molar-refractivity contribution in [3.05, 3.63) is 29.8 Å². The molecule has 0 aliphatic rings. The second-order valence-electron chi connectivity index (χ2n) is 4.17. The third-order valence-corrected chi connectivity index (χ3v) is 3.01. The van der Waals surface area contributed by atoms with Crippen molar-refractivity contribution >= 4 is 5.91 Å². The Kier molecular flexibility index (Phi) is 4.97. The molecule has 0 aliphatic carbocycles. The Morgan fingerprint density at radius 3 is 2.53 bits per heavy atom. The molecule has 1 atom stereocenters. The molecular weight excluding hydrogens is 216 g/mol. The lowest BCUT2D eigenvalue weighted by molar-refractivity contribution is -0.120. The smallest absolute Gasteiger partial charge is 0.221 e. The zero-order valence-corrected chi connectivity index (χ0v) is 10.6. The summed E-state index contributed by atoms with van der Waals surface area (Å²) in [5.41, 5.74) is 1.13. The Morgan fingerprint density at radius 2 is 2.00 bits per heavy atom. The van der Waals surface area contributed by atoms with Crippen LogP contribution in [-0.4, -0.2) is 36.6 Å². The molecule has 1 rings (SSSR count). The van der Waals surface area contributed by atoms with Gasteiger partial charge in [0.25, 0.3) is 0 Å². The topological polar surface area (TPSA) is 52.6 Å². The molecule has 1 aromatic rings. The van der Waals surface area contributed by atoms with Gasteiger partial charge < -0.3 is 10.4 Å². The van der Waals surface area contributed by atoms with E-state index in [4.69, 9.17) is 0 Å². The van der Waals surface area contributed by atoms with Crippen LogP contribution < -0.4 is 5.32 Å². The van der Waals surface area contributed by atoms with Crippen molar-refractivity contribution in [3.8, 4) is 5.75 Å². The summed E-state index contributed by atoms with van der Waals surface area (Å²) in [7, 11) is 3.63. The van der Waals surface area contributed by atoms with Crippen LogP contribution in [0.1, 0.15) is 24.9 Å². The molecule has 4 nitrogen and oxygen atoms in total. The van der Waals surface area contributed by atoms with Crippen molar-refractivity contribution in [3.63, 3.8) is 0 Å². The summed E-state index contributed by atoms with van der Waals surface area (Å²) in [5, 5.41) is 11.8. The molecule has 2 N–H and O–H groups in total. The van der Waals surface area contributed by atoms with Crippen LogP contribution in [0.5, 0.6) is 5.75 Å². The first-order chi connectivity index (χ1) is 8.04. The molecule has 0 fully saturated rings. The summed E-state index contributed by atoms with van der Waals surface area (Å²) >= 11 is 0. The number of hydrogen-bond donors (Lipinski definition) is 2. The molecule has 17 heavy (non-hydrogen) atoms. The van der Waals surface area contributed by atoms with Crippen LogP contribution in [0.4, 0.5) is 0 Å². The molecule has 0 radical (unpaired) electrons. The number of nitrogens with zero attached hydrogens (tertiary/aromatic N) is 1. The number of hydrogen-bond acceptors (Lipinski definition) is 3. The number of phenolic OH excluding ortho intramolecular Hbond substituents is 1.